The van der Waals surface area contributed by atoms with Gasteiger partial charge < -0.3 is 5.32 Å². The van der Waals surface area contributed by atoms with E-state index >= 15 is 0 Å². The van der Waals surface area contributed by atoms with Crippen molar-refractivity contribution < 1.29 is 4.79 Å². The number of nitrogens with zero attached hydrogens (tertiary/aromatic N) is 3. The minimum absolute atomic E-state index is 0.277. The molecule has 22 heavy (non-hydrogen) atoms. The Morgan fingerprint density at radius 3 is 2.86 bits per heavy atom. The summed E-state index contributed by atoms with van der Waals surface area (Å²) in [7, 11) is 0. The van der Waals surface area contributed by atoms with Gasteiger partial charge in [0.05, 0.1) is 5.02 Å². The normalized spacial score (nSPS) is 10.4. The predicted octanol–water partition coefficient (Wildman–Crippen LogP) is 3.99. The first-order valence-electron chi connectivity index (χ1n) is 6.18. The number of aromatic nitrogens is 3. The molecule has 0 aliphatic rings. The zero-order chi connectivity index (χ0) is 15.4. The molecule has 1 N–H and O–H groups in total. The Labute approximate surface area is 139 Å². The highest BCUT2D eigenvalue weighted by atomic mass is 35.5. The SMILES string of the molecule is O=C(Nc1ccc(Sc2nncs2)c(Cl)c1)c1ccccn1. The molecule has 0 saturated heterocycles. The topological polar surface area (TPSA) is 67.8 Å². The Bertz CT molecular complexity index is 781. The fourth-order valence-electron chi connectivity index (χ4n) is 1.66. The average molecular weight is 349 g/mol. The van der Waals surface area contributed by atoms with Crippen molar-refractivity contribution in [1.82, 2.24) is 15.2 Å². The third-order valence-electron chi connectivity index (χ3n) is 2.62. The number of halogens is 1. The number of carbonyl (C=O) groups excluding carboxylic acids is 1. The molecule has 5 nitrogen and oxygen atoms in total. The lowest BCUT2D eigenvalue weighted by Gasteiger charge is -2.07. The number of carbonyl (C=O) groups is 1. The molecule has 1 amide bonds. The number of benzene rings is 1. The van der Waals surface area contributed by atoms with Crippen LogP contribution in [-0.4, -0.2) is 21.1 Å². The molecule has 2 heterocycles. The Balaban J connectivity index is 1.73. The van der Waals surface area contributed by atoms with Gasteiger partial charge in [-0.3, -0.25) is 9.78 Å². The number of amides is 1. The highest BCUT2D eigenvalue weighted by molar-refractivity contribution is 8.01. The molecule has 0 fully saturated rings. The van der Waals surface area contributed by atoms with E-state index in [-0.39, 0.29) is 5.91 Å². The summed E-state index contributed by atoms with van der Waals surface area (Å²) in [6.07, 6.45) is 1.57. The molecule has 3 rings (SSSR count). The van der Waals surface area contributed by atoms with Crippen molar-refractivity contribution in [1.29, 1.82) is 0 Å². The van der Waals surface area contributed by atoms with Crippen LogP contribution in [0, 0.1) is 0 Å². The van der Waals surface area contributed by atoms with E-state index in [2.05, 4.69) is 20.5 Å². The second kappa shape index (κ2) is 6.87. The Hall–Kier alpha value is -1.96. The fourth-order valence-corrected chi connectivity index (χ4v) is 3.39. The molecule has 0 spiro atoms. The van der Waals surface area contributed by atoms with Gasteiger partial charge in [0.25, 0.3) is 5.91 Å². The lowest BCUT2D eigenvalue weighted by molar-refractivity contribution is 0.102. The number of hydrogen-bond donors (Lipinski definition) is 1. The van der Waals surface area contributed by atoms with Crippen LogP contribution in [0.15, 0.2) is 57.3 Å². The summed E-state index contributed by atoms with van der Waals surface area (Å²) in [4.78, 5) is 16.9. The first-order chi connectivity index (χ1) is 10.7. The first kappa shape index (κ1) is 15.0. The van der Waals surface area contributed by atoms with Crippen LogP contribution < -0.4 is 5.32 Å². The van der Waals surface area contributed by atoms with Gasteiger partial charge >= 0.3 is 0 Å². The summed E-state index contributed by atoms with van der Waals surface area (Å²) >= 11 is 9.12. The molecular weight excluding hydrogens is 340 g/mol. The van der Waals surface area contributed by atoms with Gasteiger partial charge in [0, 0.05) is 16.8 Å². The largest absolute Gasteiger partial charge is 0.321 e. The lowest BCUT2D eigenvalue weighted by Crippen LogP contribution is -2.13. The van der Waals surface area contributed by atoms with Crippen LogP contribution in [0.25, 0.3) is 0 Å². The molecule has 110 valence electrons. The van der Waals surface area contributed by atoms with E-state index < -0.39 is 0 Å². The van der Waals surface area contributed by atoms with Crippen LogP contribution >= 0.6 is 34.7 Å². The van der Waals surface area contributed by atoms with Gasteiger partial charge in [0.15, 0.2) is 4.34 Å². The number of rotatable bonds is 4. The number of pyridine rings is 1. The molecule has 0 aliphatic carbocycles. The maximum atomic E-state index is 12.0. The monoisotopic (exact) mass is 348 g/mol. The van der Waals surface area contributed by atoms with Crippen molar-refractivity contribution in [3.63, 3.8) is 0 Å². The summed E-state index contributed by atoms with van der Waals surface area (Å²) in [5.74, 6) is -0.277. The molecule has 0 radical (unpaired) electrons. The number of anilines is 1. The molecule has 3 aromatic rings. The van der Waals surface area contributed by atoms with Crippen molar-refractivity contribution in [3.05, 3.63) is 58.8 Å². The summed E-state index contributed by atoms with van der Waals surface area (Å²) < 4.78 is 0.812. The van der Waals surface area contributed by atoms with Crippen molar-refractivity contribution in [2.75, 3.05) is 5.32 Å². The molecule has 0 atom stereocenters. The Morgan fingerprint density at radius 2 is 2.18 bits per heavy atom. The summed E-state index contributed by atoms with van der Waals surface area (Å²) in [5, 5.41) is 11.0. The van der Waals surface area contributed by atoms with Crippen LogP contribution in [0.3, 0.4) is 0 Å². The molecule has 8 heteroatoms. The van der Waals surface area contributed by atoms with Gasteiger partial charge in [0.1, 0.15) is 11.2 Å². The van der Waals surface area contributed by atoms with Gasteiger partial charge in [-0.05, 0) is 30.3 Å². The van der Waals surface area contributed by atoms with E-state index in [0.717, 1.165) is 9.24 Å². The molecule has 1 aromatic carbocycles. The smallest absolute Gasteiger partial charge is 0.274 e. The van der Waals surface area contributed by atoms with Crippen molar-refractivity contribution in [2.24, 2.45) is 0 Å². The minimum atomic E-state index is -0.277. The average Bonchev–Trinajstić information content (AvgIpc) is 3.04. The minimum Gasteiger partial charge on any atom is -0.321 e. The van der Waals surface area contributed by atoms with E-state index in [0.29, 0.717) is 16.4 Å². The second-order valence-corrected chi connectivity index (χ2v) is 6.65. The van der Waals surface area contributed by atoms with Crippen LogP contribution in [-0.2, 0) is 0 Å². The van der Waals surface area contributed by atoms with E-state index in [4.69, 9.17) is 11.6 Å². The molecule has 0 saturated carbocycles. The van der Waals surface area contributed by atoms with E-state index in [1.165, 1.54) is 23.1 Å². The zero-order valence-electron chi connectivity index (χ0n) is 11.1. The third-order valence-corrected chi connectivity index (χ3v) is 4.90. The van der Waals surface area contributed by atoms with Crippen molar-refractivity contribution in [3.8, 4) is 0 Å². The standard InChI is InChI=1S/C14H9ClN4OS2/c15-10-7-9(18-13(20)11-3-1-2-6-16-11)4-5-12(10)22-14-19-17-8-21-14/h1-8H,(H,18,20). The van der Waals surface area contributed by atoms with Crippen molar-refractivity contribution >= 4 is 46.3 Å². The van der Waals surface area contributed by atoms with Crippen LogP contribution in [0.4, 0.5) is 5.69 Å². The Morgan fingerprint density at radius 1 is 1.27 bits per heavy atom. The van der Waals surface area contributed by atoms with Crippen LogP contribution in [0.1, 0.15) is 10.5 Å². The molecule has 0 aliphatic heterocycles. The third kappa shape index (κ3) is 3.62. The maximum Gasteiger partial charge on any atom is 0.274 e. The first-order valence-corrected chi connectivity index (χ1v) is 8.26. The van der Waals surface area contributed by atoms with Gasteiger partial charge in [-0.1, -0.05) is 40.8 Å². The highest BCUT2D eigenvalue weighted by Gasteiger charge is 2.10. The Kier molecular flexibility index (Phi) is 4.67. The van der Waals surface area contributed by atoms with Crippen LogP contribution in [0.5, 0.6) is 0 Å². The van der Waals surface area contributed by atoms with Gasteiger partial charge in [-0.2, -0.15) is 0 Å². The van der Waals surface area contributed by atoms with Gasteiger partial charge in [-0.25, -0.2) is 0 Å². The van der Waals surface area contributed by atoms with Gasteiger partial charge in [0.2, 0.25) is 0 Å². The maximum absolute atomic E-state index is 12.0. The van der Waals surface area contributed by atoms with Crippen LogP contribution in [0.2, 0.25) is 5.02 Å². The number of nitrogens with one attached hydrogen (secondary N) is 1. The predicted molar refractivity (Wildman–Crippen MR) is 87.7 cm³/mol. The zero-order valence-corrected chi connectivity index (χ0v) is 13.5. The summed E-state index contributed by atoms with van der Waals surface area (Å²) in [6.45, 7) is 0. The fraction of sp³-hybridized carbons (Fsp3) is 0. The highest BCUT2D eigenvalue weighted by Crippen LogP contribution is 2.35. The second-order valence-electron chi connectivity index (χ2n) is 4.12. The lowest BCUT2D eigenvalue weighted by atomic mass is 10.3. The number of hydrogen-bond acceptors (Lipinski definition) is 6. The van der Waals surface area contributed by atoms with Crippen molar-refractivity contribution in [2.45, 2.75) is 9.24 Å². The molecule has 0 unspecified atom stereocenters. The quantitative estimate of drug-likeness (QED) is 0.772. The molecule has 2 aromatic heterocycles. The summed E-state index contributed by atoms with van der Waals surface area (Å²) in [6, 6.07) is 10.5. The summed E-state index contributed by atoms with van der Waals surface area (Å²) in [5.41, 5.74) is 2.63. The molecular formula is C14H9ClN4OS2. The van der Waals surface area contributed by atoms with E-state index in [1.54, 1.807) is 42.0 Å². The van der Waals surface area contributed by atoms with E-state index in [9.17, 15) is 4.79 Å². The van der Waals surface area contributed by atoms with E-state index in [1.807, 2.05) is 6.07 Å². The molecule has 0 bridgehead atoms. The van der Waals surface area contributed by atoms with Gasteiger partial charge in [-0.15, -0.1) is 10.2 Å².